The van der Waals surface area contributed by atoms with E-state index in [-0.39, 0.29) is 16.8 Å². The maximum absolute atomic E-state index is 12.6. The van der Waals surface area contributed by atoms with Gasteiger partial charge < -0.3 is 10.1 Å². The van der Waals surface area contributed by atoms with Crippen LogP contribution in [0.3, 0.4) is 0 Å². The van der Waals surface area contributed by atoms with Gasteiger partial charge in [-0.25, -0.2) is 8.42 Å². The zero-order valence-electron chi connectivity index (χ0n) is 15.2. The van der Waals surface area contributed by atoms with Crippen LogP contribution in [0.1, 0.15) is 37.6 Å². The lowest BCUT2D eigenvalue weighted by atomic mass is 10.2. The molecule has 0 heterocycles. The molecule has 0 saturated carbocycles. The highest BCUT2D eigenvalue weighted by molar-refractivity contribution is 7.92. The maximum Gasteiger partial charge on any atom is 0.262 e. The summed E-state index contributed by atoms with van der Waals surface area (Å²) >= 11 is 0. The third-order valence-electron chi connectivity index (χ3n) is 3.85. The largest absolute Gasteiger partial charge is 0.492 e. The summed E-state index contributed by atoms with van der Waals surface area (Å²) < 4.78 is 33.2. The molecule has 140 valence electrons. The number of ether oxygens (including phenoxy) is 1. The number of carbonyl (C=O) groups excluding carboxylic acids is 1. The smallest absolute Gasteiger partial charge is 0.262 e. The number of anilines is 1. The number of sulfonamides is 1. The van der Waals surface area contributed by atoms with Gasteiger partial charge in [-0.3, -0.25) is 9.52 Å². The minimum atomic E-state index is -3.79. The minimum Gasteiger partial charge on any atom is -0.492 e. The molecule has 0 radical (unpaired) electrons. The molecule has 0 saturated heterocycles. The zero-order valence-corrected chi connectivity index (χ0v) is 16.0. The van der Waals surface area contributed by atoms with Crippen LogP contribution in [0.15, 0.2) is 53.4 Å². The molecule has 0 spiro atoms. The fraction of sp³-hybridized carbons (Fsp3) is 0.316. The monoisotopic (exact) mass is 376 g/mol. The molecule has 2 N–H and O–H groups in total. The lowest BCUT2D eigenvalue weighted by Crippen LogP contribution is -2.31. The Bertz CT molecular complexity index is 848. The second-order valence-corrected chi connectivity index (χ2v) is 7.52. The summed E-state index contributed by atoms with van der Waals surface area (Å²) in [5, 5.41) is 2.84. The van der Waals surface area contributed by atoms with Gasteiger partial charge in [-0.15, -0.1) is 0 Å². The third kappa shape index (κ3) is 4.98. The van der Waals surface area contributed by atoms with Crippen molar-refractivity contribution in [3.05, 3.63) is 54.1 Å². The van der Waals surface area contributed by atoms with Gasteiger partial charge in [0.05, 0.1) is 17.2 Å². The zero-order chi connectivity index (χ0) is 19.2. The first-order valence-electron chi connectivity index (χ1n) is 8.53. The summed E-state index contributed by atoms with van der Waals surface area (Å²) in [5.74, 6) is 0.237. The van der Waals surface area contributed by atoms with E-state index < -0.39 is 10.0 Å². The van der Waals surface area contributed by atoms with Crippen LogP contribution >= 0.6 is 0 Å². The van der Waals surface area contributed by atoms with E-state index >= 15 is 0 Å². The quantitative estimate of drug-likeness (QED) is 0.739. The summed E-state index contributed by atoms with van der Waals surface area (Å²) in [5.41, 5.74) is 0.784. The van der Waals surface area contributed by atoms with Crippen molar-refractivity contribution in [1.29, 1.82) is 0 Å². The van der Waals surface area contributed by atoms with Gasteiger partial charge in [0.2, 0.25) is 0 Å². The van der Waals surface area contributed by atoms with Gasteiger partial charge in [-0.1, -0.05) is 19.1 Å². The lowest BCUT2D eigenvalue weighted by Gasteiger charge is -2.13. The Labute approximate surface area is 154 Å². The molecular formula is C19H24N2O4S. The number of rotatable bonds is 8. The van der Waals surface area contributed by atoms with Crippen LogP contribution in [0.25, 0.3) is 0 Å². The molecule has 2 aromatic rings. The van der Waals surface area contributed by atoms with Gasteiger partial charge in [-0.2, -0.15) is 0 Å². The molecule has 1 atom stereocenters. The Morgan fingerprint density at radius 1 is 1.08 bits per heavy atom. The fourth-order valence-corrected chi connectivity index (χ4v) is 3.30. The highest BCUT2D eigenvalue weighted by atomic mass is 32.2. The molecule has 6 nitrogen and oxygen atoms in total. The van der Waals surface area contributed by atoms with Crippen LogP contribution in [0.2, 0.25) is 0 Å². The standard InChI is InChI=1S/C19H24N2O4S/c1-4-14(3)20-19(22)15-10-12-16(13-11-15)26(23,24)21-17-8-6-7-9-18(17)25-5-2/h6-14,21H,4-5H2,1-3H3,(H,20,22). The number of hydrogen-bond donors (Lipinski definition) is 2. The Kier molecular flexibility index (Phi) is 6.63. The fourth-order valence-electron chi connectivity index (χ4n) is 2.23. The molecule has 0 bridgehead atoms. The van der Waals surface area contributed by atoms with Gasteiger partial charge in [0, 0.05) is 11.6 Å². The molecule has 1 amide bonds. The van der Waals surface area contributed by atoms with Crippen molar-refractivity contribution in [2.45, 2.75) is 38.1 Å². The average Bonchev–Trinajstić information content (AvgIpc) is 2.63. The van der Waals surface area contributed by atoms with Crippen molar-refractivity contribution in [3.63, 3.8) is 0 Å². The highest BCUT2D eigenvalue weighted by Gasteiger charge is 2.17. The normalized spacial score (nSPS) is 12.3. The molecule has 1 unspecified atom stereocenters. The van der Waals surface area contributed by atoms with E-state index in [1.807, 2.05) is 20.8 Å². The Balaban J connectivity index is 2.18. The second-order valence-electron chi connectivity index (χ2n) is 5.84. The number of carbonyl (C=O) groups is 1. The Morgan fingerprint density at radius 2 is 1.73 bits per heavy atom. The van der Waals surface area contributed by atoms with Crippen LogP contribution in [0, 0.1) is 0 Å². The van der Waals surface area contributed by atoms with Crippen LogP contribution in [0.5, 0.6) is 5.75 Å². The van der Waals surface area contributed by atoms with E-state index in [1.165, 1.54) is 24.3 Å². The van der Waals surface area contributed by atoms with Crippen LogP contribution < -0.4 is 14.8 Å². The molecule has 0 aliphatic rings. The van der Waals surface area contributed by atoms with Crippen LogP contribution in [-0.4, -0.2) is 27.0 Å². The molecule has 0 aliphatic heterocycles. The second kappa shape index (κ2) is 8.71. The van der Waals surface area contributed by atoms with E-state index in [2.05, 4.69) is 10.0 Å². The number of nitrogens with one attached hydrogen (secondary N) is 2. The van der Waals surface area contributed by atoms with Gasteiger partial charge >= 0.3 is 0 Å². The summed E-state index contributed by atoms with van der Waals surface area (Å²) in [6, 6.07) is 12.7. The molecule has 26 heavy (non-hydrogen) atoms. The number of hydrogen-bond acceptors (Lipinski definition) is 4. The predicted molar refractivity (Wildman–Crippen MR) is 102 cm³/mol. The predicted octanol–water partition coefficient (Wildman–Crippen LogP) is 3.41. The van der Waals surface area contributed by atoms with Gasteiger partial charge in [0.15, 0.2) is 0 Å². The van der Waals surface area contributed by atoms with E-state index in [0.717, 1.165) is 6.42 Å². The number of amides is 1. The van der Waals surface area contributed by atoms with Crippen molar-refractivity contribution in [2.75, 3.05) is 11.3 Å². The molecule has 2 rings (SSSR count). The first kappa shape index (κ1) is 19.8. The van der Waals surface area contributed by atoms with E-state index in [1.54, 1.807) is 24.3 Å². The average molecular weight is 376 g/mol. The van der Waals surface area contributed by atoms with E-state index in [9.17, 15) is 13.2 Å². The first-order chi connectivity index (χ1) is 12.4. The Hall–Kier alpha value is -2.54. The van der Waals surface area contributed by atoms with Crippen LogP contribution in [0.4, 0.5) is 5.69 Å². The minimum absolute atomic E-state index is 0.0580. The van der Waals surface area contributed by atoms with Gasteiger partial charge in [0.25, 0.3) is 15.9 Å². The molecule has 0 fully saturated rings. The Morgan fingerprint density at radius 3 is 2.35 bits per heavy atom. The van der Waals surface area contributed by atoms with Crippen molar-refractivity contribution in [2.24, 2.45) is 0 Å². The van der Waals surface area contributed by atoms with E-state index in [0.29, 0.717) is 23.6 Å². The topological polar surface area (TPSA) is 84.5 Å². The van der Waals surface area contributed by atoms with Crippen molar-refractivity contribution in [3.8, 4) is 5.75 Å². The summed E-state index contributed by atoms with van der Waals surface area (Å²) in [6.45, 7) is 6.15. The summed E-state index contributed by atoms with van der Waals surface area (Å²) in [6.07, 6.45) is 0.821. The summed E-state index contributed by atoms with van der Waals surface area (Å²) in [4.78, 5) is 12.2. The molecule has 2 aromatic carbocycles. The van der Waals surface area contributed by atoms with Crippen molar-refractivity contribution >= 4 is 21.6 Å². The number of para-hydroxylation sites is 2. The maximum atomic E-state index is 12.6. The molecule has 0 aliphatic carbocycles. The van der Waals surface area contributed by atoms with Crippen molar-refractivity contribution < 1.29 is 17.9 Å². The van der Waals surface area contributed by atoms with Gasteiger partial charge in [-0.05, 0) is 56.7 Å². The first-order valence-corrected chi connectivity index (χ1v) is 10.0. The number of benzene rings is 2. The summed E-state index contributed by atoms with van der Waals surface area (Å²) in [7, 11) is -3.79. The van der Waals surface area contributed by atoms with Gasteiger partial charge in [0.1, 0.15) is 5.75 Å². The van der Waals surface area contributed by atoms with Crippen molar-refractivity contribution in [1.82, 2.24) is 5.32 Å². The molecule has 7 heteroatoms. The highest BCUT2D eigenvalue weighted by Crippen LogP contribution is 2.26. The van der Waals surface area contributed by atoms with E-state index in [4.69, 9.17) is 4.74 Å². The van der Waals surface area contributed by atoms with Crippen LogP contribution in [-0.2, 0) is 10.0 Å². The molecule has 0 aromatic heterocycles. The lowest BCUT2D eigenvalue weighted by molar-refractivity contribution is 0.0939. The SMILES string of the molecule is CCOc1ccccc1NS(=O)(=O)c1ccc(C(=O)NC(C)CC)cc1. The third-order valence-corrected chi connectivity index (χ3v) is 5.23. The molecular weight excluding hydrogens is 352 g/mol.